The summed E-state index contributed by atoms with van der Waals surface area (Å²) in [6, 6.07) is 5.92. The first-order chi connectivity index (χ1) is 9.95. The van der Waals surface area contributed by atoms with E-state index in [1.807, 2.05) is 0 Å². The molecule has 0 amide bonds. The number of halogens is 5. The standard InChI is InChI=1S/C14H10F5NO/c1-20-6-7-2-4-8(5-3-7)21-14-12(18)10(16)9(15)11(17)13(14)19/h2-5,20H,6H2,1H3. The maximum Gasteiger partial charge on any atom is 0.207 e. The Labute approximate surface area is 117 Å². The normalized spacial score (nSPS) is 10.8. The summed E-state index contributed by atoms with van der Waals surface area (Å²) in [5.41, 5.74) is 0.863. The van der Waals surface area contributed by atoms with Crippen molar-refractivity contribution in [2.45, 2.75) is 6.54 Å². The van der Waals surface area contributed by atoms with Crippen molar-refractivity contribution in [2.24, 2.45) is 0 Å². The van der Waals surface area contributed by atoms with Crippen LogP contribution in [0.4, 0.5) is 22.0 Å². The van der Waals surface area contributed by atoms with E-state index in [2.05, 4.69) is 5.32 Å². The molecular weight excluding hydrogens is 293 g/mol. The van der Waals surface area contributed by atoms with Crippen LogP contribution in [0.3, 0.4) is 0 Å². The van der Waals surface area contributed by atoms with Crippen LogP contribution in [0, 0.1) is 29.1 Å². The highest BCUT2D eigenvalue weighted by atomic mass is 19.2. The van der Waals surface area contributed by atoms with Crippen molar-refractivity contribution in [3.63, 3.8) is 0 Å². The fraction of sp³-hybridized carbons (Fsp3) is 0.143. The third kappa shape index (κ3) is 2.97. The zero-order valence-electron chi connectivity index (χ0n) is 10.8. The van der Waals surface area contributed by atoms with Gasteiger partial charge in [0.15, 0.2) is 0 Å². The Kier molecular flexibility index (Phi) is 4.42. The molecule has 0 aliphatic carbocycles. The summed E-state index contributed by atoms with van der Waals surface area (Å²) in [6.45, 7) is 0.558. The van der Waals surface area contributed by atoms with Gasteiger partial charge in [-0.05, 0) is 24.7 Å². The van der Waals surface area contributed by atoms with E-state index in [-0.39, 0.29) is 5.75 Å². The van der Waals surface area contributed by atoms with Crippen LogP contribution in [-0.4, -0.2) is 7.05 Å². The summed E-state index contributed by atoms with van der Waals surface area (Å²) in [6.07, 6.45) is 0. The van der Waals surface area contributed by atoms with E-state index >= 15 is 0 Å². The highest BCUT2D eigenvalue weighted by molar-refractivity contribution is 5.36. The molecule has 0 unspecified atom stereocenters. The van der Waals surface area contributed by atoms with Crippen LogP contribution in [0.25, 0.3) is 0 Å². The summed E-state index contributed by atoms with van der Waals surface area (Å²) < 4.78 is 70.6. The van der Waals surface area contributed by atoms with Crippen LogP contribution in [0.2, 0.25) is 0 Å². The third-order valence-corrected chi connectivity index (χ3v) is 2.69. The lowest BCUT2D eigenvalue weighted by Crippen LogP contribution is -2.05. The summed E-state index contributed by atoms with van der Waals surface area (Å²) in [5.74, 6) is -11.7. The van der Waals surface area contributed by atoms with Crippen molar-refractivity contribution in [3.8, 4) is 11.5 Å². The van der Waals surface area contributed by atoms with E-state index in [0.717, 1.165) is 5.56 Å². The molecule has 0 aliphatic heterocycles. The Balaban J connectivity index is 2.35. The molecule has 112 valence electrons. The second-order valence-electron chi connectivity index (χ2n) is 4.18. The molecule has 0 saturated carbocycles. The molecule has 0 atom stereocenters. The highest BCUT2D eigenvalue weighted by Gasteiger charge is 2.27. The third-order valence-electron chi connectivity index (χ3n) is 2.69. The molecule has 0 radical (unpaired) electrons. The lowest BCUT2D eigenvalue weighted by Gasteiger charge is -2.10. The molecule has 0 saturated heterocycles. The molecule has 2 aromatic rings. The minimum absolute atomic E-state index is 0.0435. The number of hydrogen-bond donors (Lipinski definition) is 1. The zero-order valence-corrected chi connectivity index (χ0v) is 10.8. The summed E-state index contributed by atoms with van der Waals surface area (Å²) in [7, 11) is 1.74. The van der Waals surface area contributed by atoms with Gasteiger partial charge in [0.25, 0.3) is 0 Å². The van der Waals surface area contributed by atoms with E-state index in [4.69, 9.17) is 4.74 Å². The van der Waals surface area contributed by atoms with Gasteiger partial charge in [-0.15, -0.1) is 0 Å². The van der Waals surface area contributed by atoms with Gasteiger partial charge in [0, 0.05) is 6.54 Å². The molecule has 0 fully saturated rings. The number of benzene rings is 2. The first-order valence-corrected chi connectivity index (χ1v) is 5.88. The Morgan fingerprint density at radius 3 is 1.76 bits per heavy atom. The van der Waals surface area contributed by atoms with E-state index in [1.165, 1.54) is 12.1 Å². The summed E-state index contributed by atoms with van der Waals surface area (Å²) in [4.78, 5) is 0. The van der Waals surface area contributed by atoms with Crippen molar-refractivity contribution >= 4 is 0 Å². The molecule has 7 heteroatoms. The molecule has 2 rings (SSSR count). The Bertz CT molecular complexity index is 628. The van der Waals surface area contributed by atoms with Crippen molar-refractivity contribution in [1.82, 2.24) is 5.32 Å². The van der Waals surface area contributed by atoms with Gasteiger partial charge in [0.1, 0.15) is 5.75 Å². The number of hydrogen-bond acceptors (Lipinski definition) is 2. The van der Waals surface area contributed by atoms with Crippen LogP contribution in [0.1, 0.15) is 5.56 Å². The molecule has 0 spiro atoms. The number of rotatable bonds is 4. The Morgan fingerprint density at radius 1 is 0.810 bits per heavy atom. The fourth-order valence-corrected chi connectivity index (χ4v) is 1.67. The van der Waals surface area contributed by atoms with E-state index < -0.39 is 34.8 Å². The smallest absolute Gasteiger partial charge is 0.207 e. The maximum absolute atomic E-state index is 13.4. The molecule has 0 heterocycles. The predicted octanol–water partition coefficient (Wildman–Crippen LogP) is 3.89. The van der Waals surface area contributed by atoms with E-state index in [9.17, 15) is 22.0 Å². The predicted molar refractivity (Wildman–Crippen MR) is 65.5 cm³/mol. The molecule has 0 aliphatic rings. The van der Waals surface area contributed by atoms with Gasteiger partial charge in [-0.1, -0.05) is 12.1 Å². The topological polar surface area (TPSA) is 21.3 Å². The van der Waals surface area contributed by atoms with Gasteiger partial charge in [-0.25, -0.2) is 13.2 Å². The van der Waals surface area contributed by atoms with Gasteiger partial charge in [0.2, 0.25) is 34.8 Å². The second-order valence-corrected chi connectivity index (χ2v) is 4.18. The van der Waals surface area contributed by atoms with E-state index in [1.54, 1.807) is 19.2 Å². The average Bonchev–Trinajstić information content (AvgIpc) is 2.49. The SMILES string of the molecule is CNCc1ccc(Oc2c(F)c(F)c(F)c(F)c2F)cc1. The first-order valence-electron chi connectivity index (χ1n) is 5.88. The molecule has 1 N–H and O–H groups in total. The molecule has 0 bridgehead atoms. The van der Waals surface area contributed by atoms with Gasteiger partial charge < -0.3 is 10.1 Å². The Morgan fingerprint density at radius 2 is 1.29 bits per heavy atom. The maximum atomic E-state index is 13.4. The summed E-state index contributed by atoms with van der Waals surface area (Å²) in [5, 5.41) is 2.89. The van der Waals surface area contributed by atoms with Gasteiger partial charge in [-0.3, -0.25) is 0 Å². The van der Waals surface area contributed by atoms with Crippen LogP contribution >= 0.6 is 0 Å². The van der Waals surface area contributed by atoms with Crippen molar-refractivity contribution in [1.29, 1.82) is 0 Å². The minimum atomic E-state index is -2.22. The quantitative estimate of drug-likeness (QED) is 0.525. The lowest BCUT2D eigenvalue weighted by atomic mass is 10.2. The monoisotopic (exact) mass is 303 g/mol. The van der Waals surface area contributed by atoms with Gasteiger partial charge in [-0.2, -0.15) is 8.78 Å². The zero-order chi connectivity index (χ0) is 15.6. The van der Waals surface area contributed by atoms with E-state index in [0.29, 0.717) is 6.54 Å². The van der Waals surface area contributed by atoms with Crippen LogP contribution in [-0.2, 0) is 6.54 Å². The largest absolute Gasteiger partial charge is 0.451 e. The molecule has 2 nitrogen and oxygen atoms in total. The number of ether oxygens (including phenoxy) is 1. The second kappa shape index (κ2) is 6.09. The van der Waals surface area contributed by atoms with Crippen molar-refractivity contribution < 1.29 is 26.7 Å². The molecule has 21 heavy (non-hydrogen) atoms. The highest BCUT2D eigenvalue weighted by Crippen LogP contribution is 2.32. The molecule has 2 aromatic carbocycles. The average molecular weight is 303 g/mol. The van der Waals surface area contributed by atoms with Crippen LogP contribution in [0.15, 0.2) is 24.3 Å². The van der Waals surface area contributed by atoms with Crippen LogP contribution in [0.5, 0.6) is 11.5 Å². The van der Waals surface area contributed by atoms with Crippen molar-refractivity contribution in [3.05, 3.63) is 58.9 Å². The minimum Gasteiger partial charge on any atom is -0.451 e. The lowest BCUT2D eigenvalue weighted by molar-refractivity contribution is 0.332. The summed E-state index contributed by atoms with van der Waals surface area (Å²) >= 11 is 0. The Hall–Kier alpha value is -2.15. The van der Waals surface area contributed by atoms with Gasteiger partial charge >= 0.3 is 0 Å². The fourth-order valence-electron chi connectivity index (χ4n) is 1.67. The van der Waals surface area contributed by atoms with Crippen LogP contribution < -0.4 is 10.1 Å². The number of nitrogens with one attached hydrogen (secondary N) is 1. The van der Waals surface area contributed by atoms with Gasteiger partial charge in [0.05, 0.1) is 0 Å². The first kappa shape index (κ1) is 15.2. The molecular formula is C14H10F5NO. The van der Waals surface area contributed by atoms with Crippen molar-refractivity contribution in [2.75, 3.05) is 7.05 Å². The molecule has 0 aromatic heterocycles.